The molecule has 0 radical (unpaired) electrons. The van der Waals surface area contributed by atoms with Crippen LogP contribution in [0.1, 0.15) is 151 Å². The van der Waals surface area contributed by atoms with Crippen LogP contribution in [0.5, 0.6) is 0 Å². The third kappa shape index (κ3) is 29.2. The van der Waals surface area contributed by atoms with Crippen molar-refractivity contribution < 1.29 is 64.6 Å². The number of carbonyl (C=O) groups excluding carboxylic acids is 2. The van der Waals surface area contributed by atoms with Crippen molar-refractivity contribution in [3.05, 3.63) is 142 Å². The number of aliphatic hydroxyl groups excluding tert-OH is 4. The first-order valence-corrected chi connectivity index (χ1v) is 35.6. The Labute approximate surface area is 621 Å². The average molecular weight is 1550 g/mol. The summed E-state index contributed by atoms with van der Waals surface area (Å²) in [6, 6.07) is 27.2. The Morgan fingerprint density at radius 1 is 0.634 bits per heavy atom. The molecule has 0 saturated carbocycles. The Bertz CT molecular complexity index is 3550. The van der Waals surface area contributed by atoms with Crippen LogP contribution in [-0.4, -0.2) is 192 Å². The van der Waals surface area contributed by atoms with Gasteiger partial charge in [-0.2, -0.15) is 5.26 Å². The predicted molar refractivity (Wildman–Crippen MR) is 399 cm³/mol. The zero-order valence-corrected chi connectivity index (χ0v) is 64.4. The molecule has 5 fully saturated rings. The van der Waals surface area contributed by atoms with Crippen molar-refractivity contribution in [1.82, 2.24) is 44.9 Å². The Balaban J connectivity index is 0.000000244. The van der Waals surface area contributed by atoms with Crippen LogP contribution in [-0.2, 0) is 61.1 Å². The van der Waals surface area contributed by atoms with Crippen LogP contribution < -0.4 is 31.9 Å². The minimum Gasteiger partial charge on any atom is -0.444 e. The molecule has 5 aliphatic heterocycles. The molecule has 1 aromatic carbocycles. The van der Waals surface area contributed by atoms with Crippen molar-refractivity contribution in [2.75, 3.05) is 92.8 Å². The molecule has 558 valence electrons. The Hall–Kier alpha value is -6.72. The van der Waals surface area contributed by atoms with Crippen LogP contribution in [0.25, 0.3) is 10.9 Å². The van der Waals surface area contributed by atoms with E-state index in [-0.39, 0.29) is 84.7 Å². The molecular weight excluding hydrogens is 1440 g/mol. The number of ether oxygens (including phenoxy) is 3. The number of carbonyl (C=O) groups is 2. The van der Waals surface area contributed by atoms with Gasteiger partial charge in [-0.15, -0.1) is 0 Å². The van der Waals surface area contributed by atoms with Crippen molar-refractivity contribution in [1.29, 1.82) is 5.26 Å². The first kappa shape index (κ1) is 84.9. The maximum absolute atomic E-state index is 12.1. The van der Waals surface area contributed by atoms with Crippen molar-refractivity contribution in [2.24, 2.45) is 5.73 Å². The fourth-order valence-corrected chi connectivity index (χ4v) is 13.1. The molecule has 0 aliphatic carbocycles. The van der Waals surface area contributed by atoms with Crippen LogP contribution in [0.4, 0.5) is 32.3 Å². The van der Waals surface area contributed by atoms with E-state index in [0.717, 1.165) is 177 Å². The van der Waals surface area contributed by atoms with Gasteiger partial charge < -0.3 is 88.7 Å². The SMILES string of the molecule is CC(C)(C)OC(=O)N1CCC(N)CC1.Cc1cc(Br)cc(CO)n1.Cc1cc(NC2CCN(C(=O)OC(C)(C)C)CC2)cc(CO)n1.Cc1cc(NC2CCN(C[C@H]3CN(c4ccc(C#N)c5ncccc45)C[C@@H](C)O3)CC2)cc(CO)n1.Cc1cc(NC2CCNCC2)cc(CO)n1.[CH3-].[Pd]. The Morgan fingerprint density at radius 2 is 1.06 bits per heavy atom. The van der Waals surface area contributed by atoms with Crippen LogP contribution in [0.2, 0.25) is 0 Å². The van der Waals surface area contributed by atoms with Gasteiger partial charge >= 0.3 is 12.2 Å². The van der Waals surface area contributed by atoms with Gasteiger partial charge in [0.25, 0.3) is 0 Å². The second-order valence-electron chi connectivity index (χ2n) is 28.2. The van der Waals surface area contributed by atoms with E-state index < -0.39 is 11.2 Å². The number of amides is 2. The maximum atomic E-state index is 12.1. The number of hydrogen-bond acceptors (Lipinski definition) is 22. The zero-order valence-electron chi connectivity index (χ0n) is 61.3. The van der Waals surface area contributed by atoms with E-state index in [9.17, 15) is 25.1 Å². The summed E-state index contributed by atoms with van der Waals surface area (Å²) in [6.45, 7) is 30.6. The van der Waals surface area contributed by atoms with Crippen LogP contribution in [0.15, 0.2) is 83.5 Å². The second kappa shape index (κ2) is 41.5. The van der Waals surface area contributed by atoms with Gasteiger partial charge in [-0.25, -0.2) is 9.59 Å². The number of nitrogens with one attached hydrogen (secondary N) is 4. The van der Waals surface area contributed by atoms with Crippen LogP contribution in [0, 0.1) is 46.5 Å². The fourth-order valence-electron chi connectivity index (χ4n) is 12.5. The Kier molecular flexibility index (Phi) is 34.9. The van der Waals surface area contributed by atoms with E-state index in [0.29, 0.717) is 53.9 Å². The summed E-state index contributed by atoms with van der Waals surface area (Å²) in [7, 11) is 0. The summed E-state index contributed by atoms with van der Waals surface area (Å²) in [5.41, 5.74) is 16.9. The molecule has 24 nitrogen and oxygen atoms in total. The van der Waals surface area contributed by atoms with Crippen LogP contribution in [0.3, 0.4) is 0 Å². The molecule has 10 N–H and O–H groups in total. The van der Waals surface area contributed by atoms with E-state index in [4.69, 9.17) is 30.2 Å². The van der Waals surface area contributed by atoms with Gasteiger partial charge in [0.2, 0.25) is 0 Å². The summed E-state index contributed by atoms with van der Waals surface area (Å²) in [6.07, 6.45) is 9.45. The Morgan fingerprint density at radius 3 is 1.50 bits per heavy atom. The molecule has 0 spiro atoms. The minimum absolute atomic E-state index is 0. The number of benzene rings is 1. The number of fused-ring (bicyclic) bond motifs is 1. The van der Waals surface area contributed by atoms with Gasteiger partial charge in [0.15, 0.2) is 0 Å². The van der Waals surface area contributed by atoms with E-state index in [2.05, 4.69) is 97.0 Å². The average Bonchev–Trinajstić information content (AvgIpc) is 0.784. The number of nitrogens with zero attached hydrogens (tertiary/aromatic N) is 10. The molecule has 11 rings (SSSR count). The molecule has 6 aromatic rings. The number of rotatable bonds is 13. The van der Waals surface area contributed by atoms with E-state index >= 15 is 0 Å². The number of likely N-dealkylation sites (tertiary alicyclic amines) is 3. The van der Waals surface area contributed by atoms with Gasteiger partial charge in [0, 0.05) is 165 Å². The van der Waals surface area contributed by atoms with E-state index in [1.54, 1.807) is 22.1 Å². The first-order chi connectivity index (χ1) is 47.2. The summed E-state index contributed by atoms with van der Waals surface area (Å²) in [4.78, 5) is 53.4. The maximum Gasteiger partial charge on any atom is 0.410 e. The summed E-state index contributed by atoms with van der Waals surface area (Å²) >= 11 is 3.30. The number of anilines is 4. The third-order valence-electron chi connectivity index (χ3n) is 17.0. The molecule has 5 saturated heterocycles. The number of nitrogens with two attached hydrogens (primary N) is 1. The van der Waals surface area contributed by atoms with E-state index in [1.165, 1.54) is 0 Å². The number of aryl methyl sites for hydroxylation is 4. The molecule has 26 heteroatoms. The fraction of sp³-hybridized carbons (Fsp3) is 0.560. The molecule has 5 aromatic heterocycles. The van der Waals surface area contributed by atoms with E-state index in [1.807, 2.05) is 124 Å². The van der Waals surface area contributed by atoms with Crippen molar-refractivity contribution >= 4 is 61.8 Å². The van der Waals surface area contributed by atoms with Gasteiger partial charge in [0.1, 0.15) is 17.3 Å². The number of aromatic nitrogens is 5. The second-order valence-corrected chi connectivity index (χ2v) is 29.1. The van der Waals surface area contributed by atoms with Gasteiger partial charge in [-0.05, 0) is 213 Å². The summed E-state index contributed by atoms with van der Waals surface area (Å²) in [5.74, 6) is 0. The molecule has 0 unspecified atom stereocenters. The van der Waals surface area contributed by atoms with Crippen molar-refractivity contribution in [2.45, 2.75) is 202 Å². The monoisotopic (exact) mass is 1550 g/mol. The molecule has 2 atom stereocenters. The zero-order chi connectivity index (χ0) is 71.8. The van der Waals surface area contributed by atoms with Gasteiger partial charge in [-0.3, -0.25) is 24.9 Å². The first-order valence-electron chi connectivity index (χ1n) is 34.8. The largest absolute Gasteiger partial charge is 0.444 e. The normalized spacial score (nSPS) is 17.8. The molecule has 101 heavy (non-hydrogen) atoms. The molecule has 5 aliphatic rings. The smallest absolute Gasteiger partial charge is 0.410 e. The van der Waals surface area contributed by atoms with Crippen molar-refractivity contribution in [3.8, 4) is 6.07 Å². The van der Waals surface area contributed by atoms with Gasteiger partial charge in [-0.1, -0.05) is 15.9 Å². The molecular formula is C75H111BrN15O9Pd-. The van der Waals surface area contributed by atoms with Gasteiger partial charge in [0.05, 0.1) is 72.5 Å². The van der Waals surface area contributed by atoms with Crippen molar-refractivity contribution in [3.63, 3.8) is 0 Å². The third-order valence-corrected chi connectivity index (χ3v) is 17.5. The number of pyridine rings is 5. The molecule has 10 heterocycles. The number of nitriles is 1. The molecule has 2 amide bonds. The summed E-state index contributed by atoms with van der Waals surface area (Å²) < 4.78 is 18.0. The summed E-state index contributed by atoms with van der Waals surface area (Å²) in [5, 5.41) is 60.9. The number of hydrogen-bond donors (Lipinski definition) is 9. The quantitative estimate of drug-likeness (QED) is 0.0383. The number of morpholine rings is 1. The number of aliphatic hydroxyl groups is 4. The standard InChI is InChI=1S/C28H34N6O2.C17H27N3O3.C12H19N3O.C10H20N2O2.C7H8BrNO.CH3.Pd/c1-19-12-23(13-24(18-35)31-19)32-22-7-10-33(11-8-22)16-25-17-34(15-20(2)36-25)27-6-5-21(14-29)28-26(27)4-3-9-30-28;1-12-9-14(10-15(11-21)18-12)19-13-5-7-20(8-6-13)16(22)23-17(2,3)4;1-9-6-11(7-12(8-16)14-9)15-10-2-4-13-5-3-10;1-10(2,3)14-9(13)12-6-4-8(11)5-7-12;1-5-2-6(8)3-7(4-10)9-5;;/h3-6,9,12-13,20,22,25,35H,7-8,10-11,15-18H2,1-2H3,(H,31,32);9-10,13,21H,5-8,11H2,1-4H3,(H,18,19);6-7,10,13,16H,2-5,8H2,1H3,(H,14,15);8H,4-7,11H2,1-3H3;2-3,10H,4H2,1H3;1H3;/q;;;;;-1;/t20-,25+;;;;;;/m1....../s1. The number of piperidine rings is 4. The predicted octanol–water partition coefficient (Wildman–Crippen LogP) is 10.6. The topological polar surface area (TPSA) is 318 Å². The molecule has 0 bridgehead atoms. The van der Waals surface area contributed by atoms with Crippen LogP contribution >= 0.6 is 15.9 Å². The number of halogens is 1. The minimum atomic E-state index is -0.457.